The maximum atomic E-state index is 12.8. The first-order valence-electron chi connectivity index (χ1n) is 8.39. The molecule has 2 bridgehead atoms. The summed E-state index contributed by atoms with van der Waals surface area (Å²) in [5, 5.41) is 0. The molecule has 4 rings (SSSR count). The lowest BCUT2D eigenvalue weighted by atomic mass is 9.69. The van der Waals surface area contributed by atoms with Gasteiger partial charge in [0, 0.05) is 43.0 Å². The average molecular weight is 309 g/mol. The van der Waals surface area contributed by atoms with Crippen LogP contribution >= 0.6 is 0 Å². The Bertz CT molecular complexity index is 716. The van der Waals surface area contributed by atoms with E-state index >= 15 is 0 Å². The third-order valence-electron chi connectivity index (χ3n) is 5.24. The van der Waals surface area contributed by atoms with E-state index in [1.54, 1.807) is 0 Å². The number of benzene rings is 1. The Hall–Kier alpha value is -2.03. The largest absolute Gasteiger partial charge is 0.474 e. The summed E-state index contributed by atoms with van der Waals surface area (Å²) in [5.74, 6) is 1.38. The number of carbonyl (C=O) groups is 1. The van der Waals surface area contributed by atoms with Crippen molar-refractivity contribution in [2.75, 3.05) is 11.4 Å². The third-order valence-corrected chi connectivity index (χ3v) is 5.24. The molecule has 0 radical (unpaired) electrons. The van der Waals surface area contributed by atoms with Crippen molar-refractivity contribution in [1.29, 1.82) is 0 Å². The Kier molecular flexibility index (Phi) is 3.15. The summed E-state index contributed by atoms with van der Waals surface area (Å²) in [4.78, 5) is 15.1. The van der Waals surface area contributed by atoms with Gasteiger partial charge in [0.2, 0.25) is 0 Å². The molecule has 0 N–H and O–H groups in total. The van der Waals surface area contributed by atoms with Crippen molar-refractivity contribution in [3.8, 4) is 0 Å². The highest BCUT2D eigenvalue weighted by atomic mass is 16.5. The van der Waals surface area contributed by atoms with Crippen LogP contribution in [0.2, 0.25) is 0 Å². The zero-order valence-corrected chi connectivity index (χ0v) is 13.8. The minimum Gasteiger partial charge on any atom is -0.474 e. The third kappa shape index (κ3) is 2.21. The van der Waals surface area contributed by atoms with E-state index in [1.807, 2.05) is 6.08 Å². The molecule has 0 aromatic heterocycles. The number of ketones is 1. The maximum absolute atomic E-state index is 12.8. The van der Waals surface area contributed by atoms with E-state index in [-0.39, 0.29) is 23.3 Å². The van der Waals surface area contributed by atoms with Crippen LogP contribution in [0.3, 0.4) is 0 Å². The van der Waals surface area contributed by atoms with Gasteiger partial charge in [0.25, 0.3) is 0 Å². The van der Waals surface area contributed by atoms with Gasteiger partial charge < -0.3 is 9.64 Å². The number of carbonyl (C=O) groups excluding carboxylic acids is 1. The predicted molar refractivity (Wildman–Crippen MR) is 91.3 cm³/mol. The summed E-state index contributed by atoms with van der Waals surface area (Å²) >= 11 is 0. The standard InChI is InChI=1S/C20H23NO2/c1-4-9-21-15-8-6-5-7-13(15)14-10-18(21)23-17-12-20(2,3)11-16(22)19(14)17/h4-8,14,18H,1,9-12H2,2-3H3. The lowest BCUT2D eigenvalue weighted by Crippen LogP contribution is -2.47. The van der Waals surface area contributed by atoms with E-state index in [4.69, 9.17) is 4.74 Å². The number of fused-ring (bicyclic) bond motifs is 5. The van der Waals surface area contributed by atoms with Crippen molar-refractivity contribution in [3.05, 3.63) is 53.8 Å². The van der Waals surface area contributed by atoms with Crippen LogP contribution in [0.1, 0.15) is 44.6 Å². The van der Waals surface area contributed by atoms with Gasteiger partial charge in [-0.1, -0.05) is 38.1 Å². The summed E-state index contributed by atoms with van der Waals surface area (Å²) in [6.45, 7) is 8.95. The first-order chi connectivity index (χ1) is 11.0. The van der Waals surface area contributed by atoms with Crippen molar-refractivity contribution in [2.24, 2.45) is 5.41 Å². The van der Waals surface area contributed by atoms with Gasteiger partial charge in [0.1, 0.15) is 5.76 Å². The molecule has 3 heteroatoms. The summed E-state index contributed by atoms with van der Waals surface area (Å²) in [7, 11) is 0. The average Bonchev–Trinajstić information content (AvgIpc) is 2.49. The van der Waals surface area contributed by atoms with E-state index < -0.39 is 0 Å². The van der Waals surface area contributed by atoms with Crippen LogP contribution in [0.25, 0.3) is 0 Å². The number of anilines is 1. The van der Waals surface area contributed by atoms with Crippen LogP contribution in [0.5, 0.6) is 0 Å². The Balaban J connectivity index is 1.85. The fraction of sp³-hybridized carbons (Fsp3) is 0.450. The molecule has 2 atom stereocenters. The van der Waals surface area contributed by atoms with Crippen LogP contribution in [-0.4, -0.2) is 18.6 Å². The lowest BCUT2D eigenvalue weighted by Gasteiger charge is -2.48. The minimum absolute atomic E-state index is 0.00773. The smallest absolute Gasteiger partial charge is 0.173 e. The Labute approximate surface area is 137 Å². The van der Waals surface area contributed by atoms with Crippen molar-refractivity contribution < 1.29 is 9.53 Å². The normalized spacial score (nSPS) is 27.9. The molecular weight excluding hydrogens is 286 g/mol. The molecule has 120 valence electrons. The van der Waals surface area contributed by atoms with Crippen molar-refractivity contribution in [2.45, 2.75) is 45.3 Å². The summed E-state index contributed by atoms with van der Waals surface area (Å²) in [6.07, 6.45) is 4.25. The monoisotopic (exact) mass is 309 g/mol. The number of hydrogen-bond donors (Lipinski definition) is 0. The molecule has 1 aliphatic carbocycles. The molecule has 0 saturated heterocycles. The van der Waals surface area contributed by atoms with Gasteiger partial charge in [-0.15, -0.1) is 6.58 Å². The molecule has 0 spiro atoms. The highest BCUT2D eigenvalue weighted by molar-refractivity contribution is 5.99. The van der Waals surface area contributed by atoms with E-state index in [0.717, 1.165) is 30.7 Å². The van der Waals surface area contributed by atoms with Gasteiger partial charge in [-0.2, -0.15) is 0 Å². The summed E-state index contributed by atoms with van der Waals surface area (Å²) in [5.41, 5.74) is 3.36. The van der Waals surface area contributed by atoms with Gasteiger partial charge in [-0.3, -0.25) is 4.79 Å². The Morgan fingerprint density at radius 2 is 2.13 bits per heavy atom. The molecule has 0 amide bonds. The van der Waals surface area contributed by atoms with Crippen LogP contribution in [0.4, 0.5) is 5.69 Å². The molecule has 0 fully saturated rings. The predicted octanol–water partition coefficient (Wildman–Crippen LogP) is 4.17. The number of para-hydroxylation sites is 1. The lowest BCUT2D eigenvalue weighted by molar-refractivity contribution is -0.120. The second-order valence-corrected chi connectivity index (χ2v) is 7.64. The van der Waals surface area contributed by atoms with Crippen molar-refractivity contribution in [3.63, 3.8) is 0 Å². The van der Waals surface area contributed by atoms with E-state index in [1.165, 1.54) is 11.3 Å². The molecule has 1 aromatic carbocycles. The van der Waals surface area contributed by atoms with Crippen LogP contribution in [-0.2, 0) is 9.53 Å². The van der Waals surface area contributed by atoms with Gasteiger partial charge in [0.15, 0.2) is 12.0 Å². The summed E-state index contributed by atoms with van der Waals surface area (Å²) < 4.78 is 6.33. The first-order valence-corrected chi connectivity index (χ1v) is 8.39. The molecule has 2 heterocycles. The van der Waals surface area contributed by atoms with E-state index in [2.05, 4.69) is 49.6 Å². The SMILES string of the molecule is C=CCN1c2ccccc2C2CC1OC1=C2C(=O)CC(C)(C)C1. The Morgan fingerprint density at radius 3 is 2.91 bits per heavy atom. The van der Waals surface area contributed by atoms with E-state index in [0.29, 0.717) is 6.42 Å². The van der Waals surface area contributed by atoms with Crippen LogP contribution < -0.4 is 4.90 Å². The highest BCUT2D eigenvalue weighted by Crippen LogP contribution is 2.52. The second-order valence-electron chi connectivity index (χ2n) is 7.64. The number of rotatable bonds is 2. The van der Waals surface area contributed by atoms with Crippen LogP contribution in [0, 0.1) is 5.41 Å². The second kappa shape index (κ2) is 4.98. The number of allylic oxidation sites excluding steroid dienone is 2. The molecular formula is C20H23NO2. The quantitative estimate of drug-likeness (QED) is 0.768. The minimum atomic E-state index is -0.00958. The molecule has 0 saturated carbocycles. The van der Waals surface area contributed by atoms with Gasteiger partial charge >= 0.3 is 0 Å². The molecule has 3 aliphatic rings. The van der Waals surface area contributed by atoms with Crippen molar-refractivity contribution >= 4 is 11.5 Å². The van der Waals surface area contributed by atoms with E-state index in [9.17, 15) is 4.79 Å². The molecule has 2 unspecified atom stereocenters. The fourth-order valence-electron chi connectivity index (χ4n) is 4.33. The molecule has 3 nitrogen and oxygen atoms in total. The zero-order valence-electron chi connectivity index (χ0n) is 13.8. The van der Waals surface area contributed by atoms with Gasteiger partial charge in [0.05, 0.1) is 0 Å². The zero-order chi connectivity index (χ0) is 16.2. The number of nitrogens with zero attached hydrogens (tertiary/aromatic N) is 1. The summed E-state index contributed by atoms with van der Waals surface area (Å²) in [6, 6.07) is 8.41. The highest BCUT2D eigenvalue weighted by Gasteiger charge is 2.46. The number of Topliss-reactive ketones (excluding diaryl/α,β-unsaturated/α-hetero) is 1. The number of ether oxygens (including phenoxy) is 1. The van der Waals surface area contributed by atoms with Gasteiger partial charge in [-0.05, 0) is 17.0 Å². The number of hydrogen-bond acceptors (Lipinski definition) is 3. The molecule has 23 heavy (non-hydrogen) atoms. The van der Waals surface area contributed by atoms with Crippen molar-refractivity contribution in [1.82, 2.24) is 0 Å². The van der Waals surface area contributed by atoms with Crippen LogP contribution in [0.15, 0.2) is 48.3 Å². The maximum Gasteiger partial charge on any atom is 0.173 e. The first kappa shape index (κ1) is 14.6. The Morgan fingerprint density at radius 1 is 1.35 bits per heavy atom. The fourth-order valence-corrected chi connectivity index (χ4v) is 4.33. The topological polar surface area (TPSA) is 29.5 Å². The van der Waals surface area contributed by atoms with Gasteiger partial charge in [-0.25, -0.2) is 0 Å². The molecule has 2 aliphatic heterocycles. The molecule has 1 aromatic rings.